The van der Waals surface area contributed by atoms with Crippen LogP contribution in [-0.2, 0) is 22.5 Å². The molecule has 10 heteroatoms. The number of rotatable bonds is 9. The van der Waals surface area contributed by atoms with Gasteiger partial charge in [0.05, 0.1) is 55.4 Å². The zero-order valence-electron chi connectivity index (χ0n) is 23.5. The number of anilines is 2. The van der Waals surface area contributed by atoms with Crippen LogP contribution in [0, 0.1) is 18.3 Å². The summed E-state index contributed by atoms with van der Waals surface area (Å²) in [6.07, 6.45) is 8.76. The fourth-order valence-corrected chi connectivity index (χ4v) is 5.88. The first-order valence-corrected chi connectivity index (χ1v) is 14.3. The Bertz CT molecular complexity index is 1490. The highest BCUT2D eigenvalue weighted by atomic mass is 16.5. The second-order valence-corrected chi connectivity index (χ2v) is 10.9. The van der Waals surface area contributed by atoms with E-state index in [1.54, 1.807) is 4.90 Å². The van der Waals surface area contributed by atoms with Gasteiger partial charge in [0.15, 0.2) is 0 Å². The van der Waals surface area contributed by atoms with Crippen molar-refractivity contribution < 1.29 is 14.3 Å². The quantitative estimate of drug-likeness (QED) is 0.290. The van der Waals surface area contributed by atoms with Crippen LogP contribution in [0.25, 0.3) is 10.8 Å². The van der Waals surface area contributed by atoms with Crippen LogP contribution in [0.3, 0.4) is 0 Å². The Morgan fingerprint density at radius 3 is 2.85 bits per heavy atom. The second-order valence-electron chi connectivity index (χ2n) is 10.9. The van der Waals surface area contributed by atoms with Crippen LogP contribution >= 0.6 is 0 Å². The molecule has 10 nitrogen and oxygen atoms in total. The van der Waals surface area contributed by atoms with Crippen molar-refractivity contribution in [1.82, 2.24) is 19.9 Å². The van der Waals surface area contributed by atoms with E-state index >= 15 is 0 Å². The van der Waals surface area contributed by atoms with Crippen molar-refractivity contribution >= 4 is 28.2 Å². The number of carbonyl (C=O) groups excluding carboxylic acids is 1. The van der Waals surface area contributed by atoms with Crippen molar-refractivity contribution in [2.45, 2.75) is 51.3 Å². The van der Waals surface area contributed by atoms with Gasteiger partial charge >= 0.3 is 6.01 Å². The molecular weight excluding hydrogens is 518 g/mol. The number of nitriles is 1. The lowest BCUT2D eigenvalue weighted by atomic mass is 10.0. The zero-order valence-corrected chi connectivity index (χ0v) is 23.5. The lowest BCUT2D eigenvalue weighted by Gasteiger charge is -2.42. The molecule has 41 heavy (non-hydrogen) atoms. The summed E-state index contributed by atoms with van der Waals surface area (Å²) in [4.78, 5) is 33.0. The summed E-state index contributed by atoms with van der Waals surface area (Å²) in [5, 5.41) is 11.8. The molecule has 212 valence electrons. The largest absolute Gasteiger partial charge is 0.461 e. The molecule has 0 N–H and O–H groups in total. The average molecular weight is 554 g/mol. The molecule has 1 aliphatic carbocycles. The number of piperazine rings is 1. The zero-order chi connectivity index (χ0) is 28.3. The summed E-state index contributed by atoms with van der Waals surface area (Å²) in [5.41, 5.74) is 4.32. The molecule has 3 aromatic rings. The van der Waals surface area contributed by atoms with E-state index in [0.29, 0.717) is 51.5 Å². The van der Waals surface area contributed by atoms with Crippen molar-refractivity contribution in [2.24, 2.45) is 0 Å². The molecule has 2 aliphatic heterocycles. The number of aromatic nitrogens is 3. The van der Waals surface area contributed by atoms with E-state index in [-0.39, 0.29) is 18.4 Å². The maximum atomic E-state index is 12.5. The fraction of sp³-hybridized carbons (Fsp3) is 0.452. The third-order valence-corrected chi connectivity index (χ3v) is 8.09. The smallest absolute Gasteiger partial charge is 0.318 e. The Labute approximate surface area is 240 Å². The van der Waals surface area contributed by atoms with Gasteiger partial charge in [-0.15, -0.1) is 0 Å². The van der Waals surface area contributed by atoms with Gasteiger partial charge in [0, 0.05) is 48.7 Å². The summed E-state index contributed by atoms with van der Waals surface area (Å²) in [6, 6.07) is 8.62. The van der Waals surface area contributed by atoms with Gasteiger partial charge in [-0.05, 0) is 37.8 Å². The molecule has 1 aromatic carbocycles. The summed E-state index contributed by atoms with van der Waals surface area (Å²) in [7, 11) is 0. The molecule has 3 aliphatic rings. The average Bonchev–Trinajstić information content (AvgIpc) is 3.83. The highest BCUT2D eigenvalue weighted by molar-refractivity contribution is 5.96. The fourth-order valence-electron chi connectivity index (χ4n) is 5.88. The minimum Gasteiger partial charge on any atom is -0.461 e. The molecule has 4 heterocycles. The third kappa shape index (κ3) is 5.68. The van der Waals surface area contributed by atoms with Gasteiger partial charge in [-0.1, -0.05) is 24.8 Å². The minimum atomic E-state index is -0.244. The third-order valence-electron chi connectivity index (χ3n) is 8.09. The second kappa shape index (κ2) is 11.7. The van der Waals surface area contributed by atoms with E-state index in [0.717, 1.165) is 54.0 Å². The Morgan fingerprint density at radius 2 is 2.05 bits per heavy atom. The van der Waals surface area contributed by atoms with Crippen LogP contribution in [0.1, 0.15) is 36.1 Å². The number of pyridine rings is 1. The number of aryl methyl sites for hydroxylation is 1. The number of ether oxygens (including phenoxy) is 2. The first kappa shape index (κ1) is 27.0. The molecule has 2 fully saturated rings. The molecule has 1 amide bonds. The van der Waals surface area contributed by atoms with Gasteiger partial charge in [-0.25, -0.2) is 0 Å². The lowest BCUT2D eigenvalue weighted by molar-refractivity contribution is -0.128. The number of amides is 1. The van der Waals surface area contributed by atoms with Crippen LogP contribution in [0.5, 0.6) is 6.01 Å². The predicted octanol–water partition coefficient (Wildman–Crippen LogP) is 3.57. The standard InChI is InChI=1S/C31H35N7O3/c1-3-28(39)38-14-13-37(19-23(38)9-11-32)30-25-10-12-36(27-18-33-17-22-6-4-5-21(2)29(22)27)20-26(25)34-31(35-30)41-16-15-40-24-7-8-24/h3-6,17-18,23-24H,1,7-10,12-16,19-20H2,2H3/t23-/m0/s1. The van der Waals surface area contributed by atoms with Gasteiger partial charge in [-0.2, -0.15) is 15.2 Å². The number of hydrogen-bond donors (Lipinski definition) is 0. The van der Waals surface area contributed by atoms with E-state index in [2.05, 4.69) is 52.6 Å². The van der Waals surface area contributed by atoms with E-state index in [9.17, 15) is 10.1 Å². The first-order valence-electron chi connectivity index (χ1n) is 14.3. The monoisotopic (exact) mass is 553 g/mol. The minimum absolute atomic E-state index is 0.149. The number of nitrogens with zero attached hydrogens (tertiary/aromatic N) is 7. The molecule has 0 bridgehead atoms. The van der Waals surface area contributed by atoms with Gasteiger partial charge < -0.3 is 24.2 Å². The molecule has 2 aromatic heterocycles. The first-order chi connectivity index (χ1) is 20.1. The van der Waals surface area contributed by atoms with Crippen LogP contribution in [0.4, 0.5) is 11.5 Å². The van der Waals surface area contributed by atoms with E-state index in [4.69, 9.17) is 19.4 Å². The summed E-state index contributed by atoms with van der Waals surface area (Å²) < 4.78 is 11.8. The molecule has 1 atom stereocenters. The van der Waals surface area contributed by atoms with Crippen LogP contribution in [0.15, 0.2) is 43.2 Å². The lowest BCUT2D eigenvalue weighted by Crippen LogP contribution is -2.55. The van der Waals surface area contributed by atoms with Crippen molar-refractivity contribution in [3.63, 3.8) is 0 Å². The van der Waals surface area contributed by atoms with Gasteiger partial charge in [0.25, 0.3) is 0 Å². The van der Waals surface area contributed by atoms with E-state index in [1.807, 2.05) is 12.4 Å². The van der Waals surface area contributed by atoms with Crippen LogP contribution < -0.4 is 14.5 Å². The molecule has 1 saturated heterocycles. The normalized spacial score (nSPS) is 18.6. The predicted molar refractivity (Wildman–Crippen MR) is 156 cm³/mol. The Morgan fingerprint density at radius 1 is 1.17 bits per heavy atom. The maximum absolute atomic E-state index is 12.5. The van der Waals surface area contributed by atoms with Crippen LogP contribution in [0.2, 0.25) is 0 Å². The summed E-state index contributed by atoms with van der Waals surface area (Å²) in [5.74, 6) is 0.678. The Balaban J connectivity index is 1.31. The Kier molecular flexibility index (Phi) is 7.70. The highest BCUT2D eigenvalue weighted by Gasteiger charge is 2.33. The van der Waals surface area contributed by atoms with E-state index in [1.165, 1.54) is 17.0 Å². The molecule has 0 radical (unpaired) electrons. The summed E-state index contributed by atoms with van der Waals surface area (Å²) >= 11 is 0. The van der Waals surface area contributed by atoms with Gasteiger partial charge in [0.2, 0.25) is 5.91 Å². The van der Waals surface area contributed by atoms with E-state index < -0.39 is 0 Å². The van der Waals surface area contributed by atoms with Gasteiger partial charge in [0.1, 0.15) is 12.4 Å². The highest BCUT2D eigenvalue weighted by Crippen LogP contribution is 2.35. The SMILES string of the molecule is C=CC(=O)N1CCN(c2nc(OCCOC3CC3)nc3c2CCN(c2cncc4cccc(C)c24)C3)C[C@@H]1CC#N. The van der Waals surface area contributed by atoms with Crippen molar-refractivity contribution in [3.05, 3.63) is 60.1 Å². The Hall–Kier alpha value is -4.23. The number of benzene rings is 1. The molecule has 6 rings (SSSR count). The molecule has 1 saturated carbocycles. The van der Waals surface area contributed by atoms with Crippen molar-refractivity contribution in [2.75, 3.05) is 49.2 Å². The van der Waals surface area contributed by atoms with Crippen LogP contribution in [-0.4, -0.2) is 77.3 Å². The maximum Gasteiger partial charge on any atom is 0.318 e. The topological polar surface area (TPSA) is 108 Å². The van der Waals surface area contributed by atoms with Crippen molar-refractivity contribution in [1.29, 1.82) is 5.26 Å². The number of carbonyl (C=O) groups is 1. The molecular formula is C31H35N7O3. The molecule has 0 unspecified atom stereocenters. The van der Waals surface area contributed by atoms with Gasteiger partial charge in [-0.3, -0.25) is 9.78 Å². The molecule has 0 spiro atoms. The van der Waals surface area contributed by atoms with Crippen molar-refractivity contribution in [3.8, 4) is 12.1 Å². The number of fused-ring (bicyclic) bond motifs is 2. The summed E-state index contributed by atoms with van der Waals surface area (Å²) in [6.45, 7) is 9.66. The number of hydrogen-bond acceptors (Lipinski definition) is 9.